The minimum absolute atomic E-state index is 0.308. The summed E-state index contributed by atoms with van der Waals surface area (Å²) in [5.74, 6) is 1.75. The Bertz CT molecular complexity index is 378. The van der Waals surface area contributed by atoms with Crippen molar-refractivity contribution in [3.8, 4) is 11.5 Å². The molecule has 0 aromatic heterocycles. The summed E-state index contributed by atoms with van der Waals surface area (Å²) in [4.78, 5) is 0. The zero-order valence-electron chi connectivity index (χ0n) is 10.6. The Balaban J connectivity index is 1.94. The van der Waals surface area contributed by atoms with Gasteiger partial charge in [0.15, 0.2) is 0 Å². The van der Waals surface area contributed by atoms with Crippen LogP contribution in [0.15, 0.2) is 18.2 Å². The van der Waals surface area contributed by atoms with Crippen LogP contribution in [0.2, 0.25) is 0 Å². The highest BCUT2D eigenvalue weighted by Crippen LogP contribution is 2.27. The molecule has 1 saturated carbocycles. The molecule has 0 aliphatic heterocycles. The van der Waals surface area contributed by atoms with Gasteiger partial charge in [0.2, 0.25) is 0 Å². The molecule has 2 N–H and O–H groups in total. The number of methoxy groups -OCH3 is 1. The molecule has 0 radical (unpaired) electrons. The predicted molar refractivity (Wildman–Crippen MR) is 68.3 cm³/mol. The second-order valence-corrected chi connectivity index (χ2v) is 4.89. The minimum Gasteiger partial charge on any atom is -0.507 e. The molecular weight excluding hydrogens is 214 g/mol. The summed E-state index contributed by atoms with van der Waals surface area (Å²) in [6, 6.07) is 6.06. The van der Waals surface area contributed by atoms with E-state index in [0.29, 0.717) is 17.5 Å². The van der Waals surface area contributed by atoms with Crippen LogP contribution >= 0.6 is 0 Å². The van der Waals surface area contributed by atoms with Crippen molar-refractivity contribution in [1.82, 2.24) is 5.32 Å². The summed E-state index contributed by atoms with van der Waals surface area (Å²) in [6.07, 6.45) is 3.87. The summed E-state index contributed by atoms with van der Waals surface area (Å²) in [5.41, 5.74) is 0.935. The third-order valence-corrected chi connectivity index (χ3v) is 3.71. The molecule has 1 aromatic rings. The van der Waals surface area contributed by atoms with Gasteiger partial charge in [0.1, 0.15) is 11.5 Å². The topological polar surface area (TPSA) is 41.5 Å². The smallest absolute Gasteiger partial charge is 0.123 e. The van der Waals surface area contributed by atoms with Crippen LogP contribution in [-0.2, 0) is 6.54 Å². The second-order valence-electron chi connectivity index (χ2n) is 4.89. The maximum absolute atomic E-state index is 9.84. The molecule has 3 nitrogen and oxygen atoms in total. The predicted octanol–water partition coefficient (Wildman–Crippen LogP) is 2.68. The standard InChI is InChI=1S/C14H21NO2/c1-10-4-3-5-13(10)15-9-11-6-7-12(17-2)8-14(11)16/h6-8,10,13,15-16H,3-5,9H2,1-2H3. The Hall–Kier alpha value is -1.22. The highest BCUT2D eigenvalue weighted by atomic mass is 16.5. The number of benzene rings is 1. The van der Waals surface area contributed by atoms with E-state index in [-0.39, 0.29) is 0 Å². The Morgan fingerprint density at radius 2 is 2.24 bits per heavy atom. The Labute approximate surface area is 103 Å². The van der Waals surface area contributed by atoms with Crippen molar-refractivity contribution < 1.29 is 9.84 Å². The Morgan fingerprint density at radius 3 is 2.82 bits per heavy atom. The number of rotatable bonds is 4. The molecule has 2 rings (SSSR count). The molecule has 2 unspecified atom stereocenters. The van der Waals surface area contributed by atoms with Crippen molar-refractivity contribution in [1.29, 1.82) is 0 Å². The molecule has 0 heterocycles. The van der Waals surface area contributed by atoms with E-state index in [4.69, 9.17) is 4.74 Å². The molecule has 0 spiro atoms. The molecule has 2 atom stereocenters. The summed E-state index contributed by atoms with van der Waals surface area (Å²) >= 11 is 0. The van der Waals surface area contributed by atoms with Crippen LogP contribution < -0.4 is 10.1 Å². The first-order valence-electron chi connectivity index (χ1n) is 6.30. The summed E-state index contributed by atoms with van der Waals surface area (Å²) in [7, 11) is 1.60. The van der Waals surface area contributed by atoms with Crippen molar-refractivity contribution in [2.24, 2.45) is 5.92 Å². The van der Waals surface area contributed by atoms with E-state index < -0.39 is 0 Å². The number of aromatic hydroxyl groups is 1. The fraction of sp³-hybridized carbons (Fsp3) is 0.571. The van der Waals surface area contributed by atoms with Gasteiger partial charge in [-0.15, -0.1) is 0 Å². The zero-order valence-corrected chi connectivity index (χ0v) is 10.6. The van der Waals surface area contributed by atoms with Gasteiger partial charge in [0.05, 0.1) is 7.11 Å². The summed E-state index contributed by atoms with van der Waals surface area (Å²) < 4.78 is 5.06. The minimum atomic E-state index is 0.308. The van der Waals surface area contributed by atoms with Gasteiger partial charge < -0.3 is 15.2 Å². The highest BCUT2D eigenvalue weighted by molar-refractivity contribution is 5.39. The van der Waals surface area contributed by atoms with E-state index in [0.717, 1.165) is 18.0 Å². The van der Waals surface area contributed by atoms with Crippen LogP contribution in [0.1, 0.15) is 31.7 Å². The largest absolute Gasteiger partial charge is 0.507 e. The molecule has 94 valence electrons. The van der Waals surface area contributed by atoms with E-state index in [1.807, 2.05) is 12.1 Å². The molecule has 17 heavy (non-hydrogen) atoms. The molecule has 3 heteroatoms. The fourth-order valence-electron chi connectivity index (χ4n) is 2.51. The van der Waals surface area contributed by atoms with E-state index in [1.165, 1.54) is 19.3 Å². The molecule has 0 bridgehead atoms. The van der Waals surface area contributed by atoms with Gasteiger partial charge >= 0.3 is 0 Å². The van der Waals surface area contributed by atoms with Crippen molar-refractivity contribution in [2.75, 3.05) is 7.11 Å². The van der Waals surface area contributed by atoms with E-state index in [1.54, 1.807) is 13.2 Å². The van der Waals surface area contributed by atoms with Gasteiger partial charge in [-0.05, 0) is 24.8 Å². The van der Waals surface area contributed by atoms with Crippen molar-refractivity contribution in [2.45, 2.75) is 38.8 Å². The van der Waals surface area contributed by atoms with Gasteiger partial charge in [-0.25, -0.2) is 0 Å². The first kappa shape index (κ1) is 12.2. The lowest BCUT2D eigenvalue weighted by Crippen LogP contribution is -2.30. The van der Waals surface area contributed by atoms with E-state index in [2.05, 4.69) is 12.2 Å². The van der Waals surface area contributed by atoms with Crippen molar-refractivity contribution in [3.05, 3.63) is 23.8 Å². The van der Waals surface area contributed by atoms with Gasteiger partial charge in [-0.2, -0.15) is 0 Å². The molecule has 1 aromatic carbocycles. The molecular formula is C14H21NO2. The van der Waals surface area contributed by atoms with Crippen molar-refractivity contribution >= 4 is 0 Å². The lowest BCUT2D eigenvalue weighted by atomic mass is 10.1. The van der Waals surface area contributed by atoms with Crippen LogP contribution in [0.3, 0.4) is 0 Å². The highest BCUT2D eigenvalue weighted by Gasteiger charge is 2.22. The van der Waals surface area contributed by atoms with Crippen LogP contribution in [0, 0.1) is 5.92 Å². The molecule has 1 fully saturated rings. The number of ether oxygens (including phenoxy) is 1. The molecule has 0 amide bonds. The number of phenols is 1. The Kier molecular flexibility index (Phi) is 3.89. The third kappa shape index (κ3) is 2.91. The van der Waals surface area contributed by atoms with Gasteiger partial charge in [0.25, 0.3) is 0 Å². The number of nitrogens with one attached hydrogen (secondary N) is 1. The lowest BCUT2D eigenvalue weighted by molar-refractivity contribution is 0.400. The Morgan fingerprint density at radius 1 is 1.41 bits per heavy atom. The maximum atomic E-state index is 9.84. The van der Waals surface area contributed by atoms with Crippen molar-refractivity contribution in [3.63, 3.8) is 0 Å². The lowest BCUT2D eigenvalue weighted by Gasteiger charge is -2.17. The first-order chi connectivity index (χ1) is 8.20. The fourth-order valence-corrected chi connectivity index (χ4v) is 2.51. The van der Waals surface area contributed by atoms with Gasteiger partial charge in [-0.1, -0.05) is 19.4 Å². The normalized spacial score (nSPS) is 23.9. The second kappa shape index (κ2) is 5.41. The summed E-state index contributed by atoms with van der Waals surface area (Å²) in [6.45, 7) is 3.02. The maximum Gasteiger partial charge on any atom is 0.123 e. The third-order valence-electron chi connectivity index (χ3n) is 3.71. The number of phenolic OH excluding ortho intramolecular Hbond substituents is 1. The SMILES string of the molecule is COc1ccc(CNC2CCCC2C)c(O)c1. The van der Waals surface area contributed by atoms with Crippen LogP contribution in [0.4, 0.5) is 0 Å². The van der Waals surface area contributed by atoms with E-state index in [9.17, 15) is 5.11 Å². The quantitative estimate of drug-likeness (QED) is 0.843. The van der Waals surface area contributed by atoms with E-state index >= 15 is 0 Å². The number of hydrogen-bond donors (Lipinski definition) is 2. The van der Waals surface area contributed by atoms with Crippen LogP contribution in [-0.4, -0.2) is 18.3 Å². The average Bonchev–Trinajstić information content (AvgIpc) is 2.73. The monoisotopic (exact) mass is 235 g/mol. The summed E-state index contributed by atoms with van der Waals surface area (Å²) in [5, 5.41) is 13.4. The average molecular weight is 235 g/mol. The van der Waals surface area contributed by atoms with Crippen LogP contribution in [0.25, 0.3) is 0 Å². The molecule has 0 saturated heterocycles. The van der Waals surface area contributed by atoms with Gasteiger partial charge in [-0.3, -0.25) is 0 Å². The molecule has 1 aliphatic carbocycles. The first-order valence-corrected chi connectivity index (χ1v) is 6.30. The molecule has 1 aliphatic rings. The van der Waals surface area contributed by atoms with Gasteiger partial charge in [0, 0.05) is 24.2 Å². The number of hydrogen-bond acceptors (Lipinski definition) is 3. The van der Waals surface area contributed by atoms with Crippen LogP contribution in [0.5, 0.6) is 11.5 Å². The zero-order chi connectivity index (χ0) is 12.3.